The third kappa shape index (κ3) is 1.84. The molecule has 2 aromatic heterocycles. The molecule has 2 N–H and O–H groups in total. The standard InChI is InChI=1S/C11H15N5O/c1-11(3-2-4-12-7-11)10-15-9(16-17-10)8-13-5-6-14-8/h5-6,12H,2-4,7H2,1H3,(H,13,14). The van der Waals surface area contributed by atoms with E-state index in [4.69, 9.17) is 4.52 Å². The summed E-state index contributed by atoms with van der Waals surface area (Å²) in [6, 6.07) is 0. The van der Waals surface area contributed by atoms with Crippen molar-refractivity contribution in [3.63, 3.8) is 0 Å². The van der Waals surface area contributed by atoms with E-state index in [1.54, 1.807) is 12.4 Å². The molecule has 0 radical (unpaired) electrons. The van der Waals surface area contributed by atoms with E-state index >= 15 is 0 Å². The van der Waals surface area contributed by atoms with Crippen molar-refractivity contribution in [1.29, 1.82) is 0 Å². The first-order valence-corrected chi connectivity index (χ1v) is 5.83. The summed E-state index contributed by atoms with van der Waals surface area (Å²) in [4.78, 5) is 11.5. The Kier molecular flexibility index (Phi) is 2.44. The molecule has 1 fully saturated rings. The van der Waals surface area contributed by atoms with Crippen molar-refractivity contribution in [3.8, 4) is 11.6 Å². The molecule has 0 spiro atoms. The minimum absolute atomic E-state index is 0.0594. The highest BCUT2D eigenvalue weighted by Crippen LogP contribution is 2.30. The molecule has 1 saturated heterocycles. The lowest BCUT2D eigenvalue weighted by atomic mass is 9.83. The van der Waals surface area contributed by atoms with Crippen LogP contribution in [0, 0.1) is 0 Å². The third-order valence-corrected chi connectivity index (χ3v) is 3.25. The number of hydrogen-bond donors (Lipinski definition) is 2. The molecule has 6 nitrogen and oxygen atoms in total. The first-order chi connectivity index (χ1) is 8.28. The van der Waals surface area contributed by atoms with Crippen molar-refractivity contribution in [2.45, 2.75) is 25.2 Å². The van der Waals surface area contributed by atoms with E-state index in [0.717, 1.165) is 25.9 Å². The highest BCUT2D eigenvalue weighted by atomic mass is 16.5. The van der Waals surface area contributed by atoms with Gasteiger partial charge in [-0.3, -0.25) is 0 Å². The molecule has 6 heteroatoms. The Morgan fingerprint density at radius 2 is 2.41 bits per heavy atom. The summed E-state index contributed by atoms with van der Waals surface area (Å²) in [7, 11) is 0. The van der Waals surface area contributed by atoms with Crippen molar-refractivity contribution in [1.82, 2.24) is 25.4 Å². The molecule has 0 aromatic carbocycles. The van der Waals surface area contributed by atoms with Gasteiger partial charge in [-0.15, -0.1) is 0 Å². The number of aromatic amines is 1. The van der Waals surface area contributed by atoms with E-state index in [2.05, 4.69) is 32.3 Å². The minimum Gasteiger partial charge on any atom is -0.342 e. The van der Waals surface area contributed by atoms with Gasteiger partial charge in [0.2, 0.25) is 11.7 Å². The Labute approximate surface area is 98.8 Å². The van der Waals surface area contributed by atoms with Crippen LogP contribution in [-0.4, -0.2) is 33.2 Å². The van der Waals surface area contributed by atoms with Gasteiger partial charge in [0.05, 0.1) is 5.41 Å². The molecule has 90 valence electrons. The quantitative estimate of drug-likeness (QED) is 0.812. The number of nitrogens with zero attached hydrogens (tertiary/aromatic N) is 3. The van der Waals surface area contributed by atoms with Crippen LogP contribution in [0.2, 0.25) is 0 Å². The van der Waals surface area contributed by atoms with Crippen LogP contribution in [0.15, 0.2) is 16.9 Å². The van der Waals surface area contributed by atoms with E-state index in [1.807, 2.05) is 0 Å². The second-order valence-electron chi connectivity index (χ2n) is 4.70. The van der Waals surface area contributed by atoms with Crippen LogP contribution in [-0.2, 0) is 5.41 Å². The lowest BCUT2D eigenvalue weighted by molar-refractivity contribution is 0.245. The van der Waals surface area contributed by atoms with Crippen LogP contribution in [0.4, 0.5) is 0 Å². The predicted molar refractivity (Wildman–Crippen MR) is 61.3 cm³/mol. The van der Waals surface area contributed by atoms with Gasteiger partial charge in [0.1, 0.15) is 0 Å². The molecular weight excluding hydrogens is 218 g/mol. The fraction of sp³-hybridized carbons (Fsp3) is 0.545. The number of H-pyrrole nitrogens is 1. The number of piperidine rings is 1. The molecule has 1 aliphatic heterocycles. The fourth-order valence-electron chi connectivity index (χ4n) is 2.19. The lowest BCUT2D eigenvalue weighted by Crippen LogP contribution is -2.41. The topological polar surface area (TPSA) is 79.6 Å². The molecule has 3 heterocycles. The van der Waals surface area contributed by atoms with Gasteiger partial charge < -0.3 is 14.8 Å². The molecule has 0 aliphatic carbocycles. The fourth-order valence-corrected chi connectivity index (χ4v) is 2.19. The van der Waals surface area contributed by atoms with E-state index in [0.29, 0.717) is 17.5 Å². The summed E-state index contributed by atoms with van der Waals surface area (Å²) in [5, 5.41) is 7.34. The van der Waals surface area contributed by atoms with Gasteiger partial charge in [0.25, 0.3) is 0 Å². The van der Waals surface area contributed by atoms with Gasteiger partial charge >= 0.3 is 0 Å². The predicted octanol–water partition coefficient (Wildman–Crippen LogP) is 1.10. The molecule has 0 amide bonds. The van der Waals surface area contributed by atoms with Gasteiger partial charge in [0, 0.05) is 18.9 Å². The highest BCUT2D eigenvalue weighted by molar-refractivity contribution is 5.41. The Hall–Kier alpha value is -1.69. The van der Waals surface area contributed by atoms with Crippen molar-refractivity contribution >= 4 is 0 Å². The number of imidazole rings is 1. The average molecular weight is 233 g/mol. The van der Waals surface area contributed by atoms with Gasteiger partial charge in [-0.05, 0) is 26.3 Å². The van der Waals surface area contributed by atoms with E-state index < -0.39 is 0 Å². The summed E-state index contributed by atoms with van der Waals surface area (Å²) in [6.45, 7) is 4.10. The molecule has 3 rings (SSSR count). The number of hydrogen-bond acceptors (Lipinski definition) is 5. The van der Waals surface area contributed by atoms with Gasteiger partial charge in [-0.1, -0.05) is 5.16 Å². The van der Waals surface area contributed by atoms with Crippen LogP contribution in [0.25, 0.3) is 11.6 Å². The van der Waals surface area contributed by atoms with Crippen LogP contribution < -0.4 is 5.32 Å². The third-order valence-electron chi connectivity index (χ3n) is 3.25. The molecule has 1 atom stereocenters. The van der Waals surface area contributed by atoms with E-state index in [1.165, 1.54) is 0 Å². The Morgan fingerprint density at radius 3 is 3.12 bits per heavy atom. The Morgan fingerprint density at radius 1 is 1.47 bits per heavy atom. The molecular formula is C11H15N5O. The zero-order valence-corrected chi connectivity index (χ0v) is 9.73. The summed E-state index contributed by atoms with van der Waals surface area (Å²) in [6.07, 6.45) is 5.62. The van der Waals surface area contributed by atoms with Crippen molar-refractivity contribution in [3.05, 3.63) is 18.3 Å². The lowest BCUT2D eigenvalue weighted by Gasteiger charge is -2.30. The molecule has 0 saturated carbocycles. The zero-order valence-electron chi connectivity index (χ0n) is 9.73. The summed E-state index contributed by atoms with van der Waals surface area (Å²) in [5.74, 6) is 1.86. The number of aromatic nitrogens is 4. The zero-order chi connectivity index (χ0) is 11.7. The number of nitrogens with one attached hydrogen (secondary N) is 2. The monoisotopic (exact) mass is 233 g/mol. The second kappa shape index (κ2) is 3.96. The van der Waals surface area contributed by atoms with Gasteiger partial charge in [-0.2, -0.15) is 4.98 Å². The van der Waals surface area contributed by atoms with Gasteiger partial charge in [-0.25, -0.2) is 4.98 Å². The first kappa shape index (κ1) is 10.5. The molecule has 1 aliphatic rings. The Balaban J connectivity index is 1.89. The van der Waals surface area contributed by atoms with Crippen LogP contribution in [0.3, 0.4) is 0 Å². The van der Waals surface area contributed by atoms with Crippen LogP contribution >= 0.6 is 0 Å². The van der Waals surface area contributed by atoms with E-state index in [9.17, 15) is 0 Å². The maximum Gasteiger partial charge on any atom is 0.238 e. The SMILES string of the molecule is CC1(c2nc(-c3ncc[nH]3)no2)CCCNC1. The maximum absolute atomic E-state index is 5.37. The Bertz CT molecular complexity index is 484. The summed E-state index contributed by atoms with van der Waals surface area (Å²) >= 11 is 0. The smallest absolute Gasteiger partial charge is 0.238 e. The van der Waals surface area contributed by atoms with Crippen molar-refractivity contribution in [2.24, 2.45) is 0 Å². The second-order valence-corrected chi connectivity index (χ2v) is 4.70. The average Bonchev–Trinajstić information content (AvgIpc) is 3.01. The van der Waals surface area contributed by atoms with Crippen LogP contribution in [0.5, 0.6) is 0 Å². The van der Waals surface area contributed by atoms with Crippen LogP contribution in [0.1, 0.15) is 25.7 Å². The summed E-state index contributed by atoms with van der Waals surface area (Å²) in [5.41, 5.74) is -0.0594. The van der Waals surface area contributed by atoms with Crippen molar-refractivity contribution in [2.75, 3.05) is 13.1 Å². The largest absolute Gasteiger partial charge is 0.342 e. The highest BCUT2D eigenvalue weighted by Gasteiger charge is 2.34. The van der Waals surface area contributed by atoms with Crippen molar-refractivity contribution < 1.29 is 4.52 Å². The molecule has 2 aromatic rings. The first-order valence-electron chi connectivity index (χ1n) is 5.83. The minimum atomic E-state index is -0.0594. The molecule has 0 bridgehead atoms. The summed E-state index contributed by atoms with van der Waals surface area (Å²) < 4.78 is 5.37. The van der Waals surface area contributed by atoms with E-state index in [-0.39, 0.29) is 5.41 Å². The molecule has 17 heavy (non-hydrogen) atoms. The number of rotatable bonds is 2. The van der Waals surface area contributed by atoms with Gasteiger partial charge in [0.15, 0.2) is 5.82 Å². The maximum atomic E-state index is 5.37. The normalized spacial score (nSPS) is 25.0. The molecule has 1 unspecified atom stereocenters.